The minimum Gasteiger partial charge on any atom is -0.332 e. The number of primary sulfonamides is 1. The Bertz CT molecular complexity index is 1380. The number of nitrogens with zero attached hydrogens (tertiary/aromatic N) is 2. The van der Waals surface area contributed by atoms with Gasteiger partial charge in [0.25, 0.3) is 0 Å². The first-order valence-corrected chi connectivity index (χ1v) is 11.7. The molecule has 0 radical (unpaired) electrons. The Morgan fingerprint density at radius 1 is 0.970 bits per heavy atom. The number of amides is 2. The molecule has 0 unspecified atom stereocenters. The van der Waals surface area contributed by atoms with Crippen LogP contribution in [0, 0.1) is 6.92 Å². The molecule has 0 saturated carbocycles. The maximum atomic E-state index is 12.3. The number of anilines is 1. The van der Waals surface area contributed by atoms with Gasteiger partial charge in [-0.15, -0.1) is 0 Å². The molecule has 0 aliphatic rings. The number of aryl methyl sites for hydroxylation is 1. The molecule has 0 bridgehead atoms. The number of nitrogens with two attached hydrogens (primary N) is 1. The van der Waals surface area contributed by atoms with Gasteiger partial charge in [-0.1, -0.05) is 42.5 Å². The average Bonchev–Trinajstić information content (AvgIpc) is 3.22. The molecule has 0 saturated heterocycles. The van der Waals surface area contributed by atoms with Crippen LogP contribution in [0.2, 0.25) is 0 Å². The monoisotopic (exact) mass is 461 g/mol. The van der Waals surface area contributed by atoms with Gasteiger partial charge < -0.3 is 10.6 Å². The number of hydrogen-bond acceptors (Lipinski definition) is 4. The van der Waals surface area contributed by atoms with Crippen LogP contribution >= 0.6 is 0 Å². The van der Waals surface area contributed by atoms with Crippen molar-refractivity contribution >= 4 is 21.7 Å². The van der Waals surface area contributed by atoms with Gasteiger partial charge >= 0.3 is 6.03 Å². The van der Waals surface area contributed by atoms with Crippen LogP contribution in [0.3, 0.4) is 0 Å². The summed E-state index contributed by atoms with van der Waals surface area (Å²) in [6, 6.07) is 24.9. The van der Waals surface area contributed by atoms with E-state index in [1.165, 1.54) is 12.1 Å². The van der Waals surface area contributed by atoms with E-state index in [4.69, 9.17) is 5.14 Å². The van der Waals surface area contributed by atoms with Gasteiger partial charge in [0.05, 0.1) is 28.5 Å². The molecule has 168 valence electrons. The zero-order chi connectivity index (χ0) is 23.4. The Labute approximate surface area is 192 Å². The van der Waals surface area contributed by atoms with Crippen molar-refractivity contribution in [3.63, 3.8) is 0 Å². The van der Waals surface area contributed by atoms with Gasteiger partial charge in [-0.2, -0.15) is 5.10 Å². The molecule has 1 heterocycles. The summed E-state index contributed by atoms with van der Waals surface area (Å²) in [5, 5.41) is 15.5. The molecule has 1 aromatic heterocycles. The largest absolute Gasteiger partial charge is 0.332 e. The molecule has 3 aromatic carbocycles. The summed E-state index contributed by atoms with van der Waals surface area (Å²) in [5.41, 5.74) is 4.79. The molecule has 0 atom stereocenters. The molecule has 2 amide bonds. The lowest BCUT2D eigenvalue weighted by Gasteiger charge is -2.08. The highest BCUT2D eigenvalue weighted by atomic mass is 32.2. The van der Waals surface area contributed by atoms with E-state index >= 15 is 0 Å². The number of nitrogens with one attached hydrogen (secondary N) is 2. The summed E-state index contributed by atoms with van der Waals surface area (Å²) < 4.78 is 24.9. The number of hydrogen-bond donors (Lipinski definition) is 3. The molecular weight excluding hydrogens is 438 g/mol. The van der Waals surface area contributed by atoms with Gasteiger partial charge in [0.2, 0.25) is 10.0 Å². The van der Waals surface area contributed by atoms with E-state index in [9.17, 15) is 13.2 Å². The Balaban J connectivity index is 1.58. The molecule has 9 heteroatoms. The van der Waals surface area contributed by atoms with Crippen LogP contribution in [-0.4, -0.2) is 24.2 Å². The number of carbonyl (C=O) groups is 1. The number of benzene rings is 3. The van der Waals surface area contributed by atoms with Crippen LogP contribution in [0.1, 0.15) is 11.3 Å². The Hall–Kier alpha value is -3.95. The van der Waals surface area contributed by atoms with Gasteiger partial charge in [-0.05, 0) is 55.0 Å². The minimum atomic E-state index is -3.79. The van der Waals surface area contributed by atoms with Crippen LogP contribution in [0.25, 0.3) is 16.9 Å². The van der Waals surface area contributed by atoms with Crippen molar-refractivity contribution in [2.75, 3.05) is 5.32 Å². The summed E-state index contributed by atoms with van der Waals surface area (Å²) in [4.78, 5) is 12.4. The smallest absolute Gasteiger partial charge is 0.319 e. The summed E-state index contributed by atoms with van der Waals surface area (Å²) in [5.74, 6) is 0. The first kappa shape index (κ1) is 22.3. The van der Waals surface area contributed by atoms with Crippen molar-refractivity contribution < 1.29 is 13.2 Å². The van der Waals surface area contributed by atoms with Crippen LogP contribution in [0.15, 0.2) is 89.8 Å². The highest BCUT2D eigenvalue weighted by Crippen LogP contribution is 2.24. The van der Waals surface area contributed by atoms with Crippen molar-refractivity contribution in [2.45, 2.75) is 18.4 Å². The third-order valence-corrected chi connectivity index (χ3v) is 5.87. The summed E-state index contributed by atoms with van der Waals surface area (Å²) in [7, 11) is -3.79. The molecule has 8 nitrogen and oxygen atoms in total. The lowest BCUT2D eigenvalue weighted by atomic mass is 10.1. The molecule has 0 aliphatic carbocycles. The standard InChI is InChI=1S/C24H23N5O3S/c1-17-6-5-9-19(14-17)27-24(30)26-16-20-15-23(18-7-3-2-4-8-18)29(28-20)21-10-12-22(13-11-21)33(25,31)32/h2-15H,16H2,1H3,(H2,25,31,32)(H2,26,27,30). The fourth-order valence-electron chi connectivity index (χ4n) is 3.37. The molecule has 0 spiro atoms. The topological polar surface area (TPSA) is 119 Å². The number of urea groups is 1. The van der Waals surface area contributed by atoms with Gasteiger partial charge in [-0.25, -0.2) is 23.0 Å². The molecule has 0 fully saturated rings. The Morgan fingerprint density at radius 2 is 1.70 bits per heavy atom. The minimum absolute atomic E-state index is 0.0226. The lowest BCUT2D eigenvalue weighted by Crippen LogP contribution is -2.28. The molecule has 4 N–H and O–H groups in total. The van der Waals surface area contributed by atoms with Crippen molar-refractivity contribution in [3.05, 3.63) is 96.2 Å². The molecule has 0 aliphatic heterocycles. The first-order chi connectivity index (χ1) is 15.8. The van der Waals surface area contributed by atoms with Gasteiger partial charge in [0, 0.05) is 11.3 Å². The zero-order valence-corrected chi connectivity index (χ0v) is 18.7. The van der Waals surface area contributed by atoms with Crippen LogP contribution in [0.5, 0.6) is 0 Å². The van der Waals surface area contributed by atoms with E-state index in [0.717, 1.165) is 16.8 Å². The SMILES string of the molecule is Cc1cccc(NC(=O)NCc2cc(-c3ccccc3)n(-c3ccc(S(N)(=O)=O)cc3)n2)c1. The lowest BCUT2D eigenvalue weighted by molar-refractivity contribution is 0.251. The second kappa shape index (κ2) is 9.27. The van der Waals surface area contributed by atoms with Crippen LogP contribution in [0.4, 0.5) is 10.5 Å². The quantitative estimate of drug-likeness (QED) is 0.404. The number of aromatic nitrogens is 2. The predicted molar refractivity (Wildman–Crippen MR) is 127 cm³/mol. The van der Waals surface area contributed by atoms with Gasteiger partial charge in [0.15, 0.2) is 0 Å². The maximum Gasteiger partial charge on any atom is 0.319 e. The maximum absolute atomic E-state index is 12.3. The molecule has 33 heavy (non-hydrogen) atoms. The number of sulfonamides is 1. The highest BCUT2D eigenvalue weighted by Gasteiger charge is 2.14. The van der Waals surface area contributed by atoms with Crippen molar-refractivity contribution in [2.24, 2.45) is 5.14 Å². The van der Waals surface area contributed by atoms with Crippen molar-refractivity contribution in [3.8, 4) is 16.9 Å². The van der Waals surface area contributed by atoms with Crippen LogP contribution < -0.4 is 15.8 Å². The highest BCUT2D eigenvalue weighted by molar-refractivity contribution is 7.89. The molecular formula is C24H23N5O3S. The van der Waals surface area contributed by atoms with Gasteiger partial charge in [-0.3, -0.25) is 0 Å². The fourth-order valence-corrected chi connectivity index (χ4v) is 3.89. The van der Waals surface area contributed by atoms with Crippen molar-refractivity contribution in [1.82, 2.24) is 15.1 Å². The second-order valence-electron chi connectivity index (χ2n) is 7.51. The summed E-state index contributed by atoms with van der Waals surface area (Å²) >= 11 is 0. The van der Waals surface area contributed by atoms with E-state index in [1.807, 2.05) is 67.6 Å². The van der Waals surface area contributed by atoms with E-state index in [0.29, 0.717) is 17.1 Å². The Kier molecular flexibility index (Phi) is 6.25. The van der Waals surface area contributed by atoms with Gasteiger partial charge in [0.1, 0.15) is 0 Å². The first-order valence-electron chi connectivity index (χ1n) is 10.2. The van der Waals surface area contributed by atoms with E-state index in [1.54, 1.807) is 16.8 Å². The third-order valence-electron chi connectivity index (χ3n) is 4.95. The molecule has 4 rings (SSSR count). The number of rotatable bonds is 6. The van der Waals surface area contributed by atoms with E-state index < -0.39 is 10.0 Å². The summed E-state index contributed by atoms with van der Waals surface area (Å²) in [6.45, 7) is 2.16. The van der Waals surface area contributed by atoms with E-state index in [-0.39, 0.29) is 17.5 Å². The zero-order valence-electron chi connectivity index (χ0n) is 17.9. The Morgan fingerprint density at radius 3 is 2.36 bits per heavy atom. The second-order valence-corrected chi connectivity index (χ2v) is 9.08. The normalized spacial score (nSPS) is 11.2. The molecule has 4 aromatic rings. The average molecular weight is 462 g/mol. The predicted octanol–water partition coefficient (Wildman–Crippen LogP) is 3.82. The fraction of sp³-hybridized carbons (Fsp3) is 0.0833. The summed E-state index contributed by atoms with van der Waals surface area (Å²) in [6.07, 6.45) is 0. The number of carbonyl (C=O) groups excluding carboxylic acids is 1. The van der Waals surface area contributed by atoms with Crippen molar-refractivity contribution in [1.29, 1.82) is 0 Å². The van der Waals surface area contributed by atoms with Crippen LogP contribution in [-0.2, 0) is 16.6 Å². The third kappa shape index (κ3) is 5.46. The van der Waals surface area contributed by atoms with E-state index in [2.05, 4.69) is 15.7 Å².